The van der Waals surface area contributed by atoms with E-state index < -0.39 is 10.8 Å². The molecule has 0 saturated heterocycles. The standard InChI is InChI=1S/C18H15N3O4S/c19-12-14(18(23)20-15-4-2-1-3-5-15)10-13-6-7-17(26-9-8-22)16(11-13)21(24)25/h1-7,10-11,22H,8-9H2,(H,20,23). The number of para-hydroxylation sites is 1. The number of aliphatic hydroxyl groups excluding tert-OH is 1. The Kier molecular flexibility index (Phi) is 6.91. The van der Waals surface area contributed by atoms with Gasteiger partial charge in [-0.2, -0.15) is 5.26 Å². The molecule has 7 nitrogen and oxygen atoms in total. The van der Waals surface area contributed by atoms with E-state index in [1.54, 1.807) is 36.4 Å². The normalized spacial score (nSPS) is 10.8. The summed E-state index contributed by atoms with van der Waals surface area (Å²) in [5, 5.41) is 31.9. The van der Waals surface area contributed by atoms with Gasteiger partial charge in [0.2, 0.25) is 0 Å². The molecule has 2 aromatic rings. The predicted octanol–water partition coefficient (Wildman–Crippen LogP) is 3.22. The van der Waals surface area contributed by atoms with E-state index >= 15 is 0 Å². The Bertz CT molecular complexity index is 876. The second-order valence-electron chi connectivity index (χ2n) is 5.05. The summed E-state index contributed by atoms with van der Waals surface area (Å²) in [5.74, 6) is -0.265. The minimum absolute atomic E-state index is 0.0955. The number of amides is 1. The lowest BCUT2D eigenvalue weighted by molar-refractivity contribution is -0.387. The van der Waals surface area contributed by atoms with E-state index in [9.17, 15) is 20.2 Å². The molecule has 0 aliphatic heterocycles. The van der Waals surface area contributed by atoms with Crippen LogP contribution in [-0.4, -0.2) is 28.3 Å². The molecule has 2 aromatic carbocycles. The molecule has 1 amide bonds. The molecule has 0 spiro atoms. The van der Waals surface area contributed by atoms with Gasteiger partial charge in [-0.1, -0.05) is 24.3 Å². The Morgan fingerprint density at radius 1 is 1.31 bits per heavy atom. The lowest BCUT2D eigenvalue weighted by atomic mass is 10.1. The Labute approximate surface area is 154 Å². The van der Waals surface area contributed by atoms with Gasteiger partial charge in [-0.25, -0.2) is 0 Å². The average molecular weight is 369 g/mol. The first-order chi connectivity index (χ1) is 12.5. The Morgan fingerprint density at radius 3 is 2.65 bits per heavy atom. The van der Waals surface area contributed by atoms with Crippen LogP contribution < -0.4 is 5.32 Å². The SMILES string of the molecule is N#CC(=Cc1ccc(SCCO)c([N+](=O)[O-])c1)C(=O)Nc1ccccc1. The summed E-state index contributed by atoms with van der Waals surface area (Å²) < 4.78 is 0. The monoisotopic (exact) mass is 369 g/mol. The number of nitrogens with zero attached hydrogens (tertiary/aromatic N) is 2. The molecular formula is C18H15N3O4S. The highest BCUT2D eigenvalue weighted by molar-refractivity contribution is 7.99. The van der Waals surface area contributed by atoms with Crippen molar-refractivity contribution in [3.05, 3.63) is 69.8 Å². The van der Waals surface area contributed by atoms with E-state index in [0.29, 0.717) is 21.9 Å². The molecule has 0 atom stereocenters. The number of aliphatic hydroxyl groups is 1. The highest BCUT2D eigenvalue weighted by atomic mass is 32.2. The molecule has 0 aromatic heterocycles. The molecule has 0 unspecified atom stereocenters. The fourth-order valence-corrected chi connectivity index (χ4v) is 2.84. The van der Waals surface area contributed by atoms with Crippen molar-refractivity contribution in [3.63, 3.8) is 0 Å². The number of hydrogen-bond acceptors (Lipinski definition) is 6. The van der Waals surface area contributed by atoms with Gasteiger partial charge in [0, 0.05) is 17.5 Å². The van der Waals surface area contributed by atoms with Gasteiger partial charge in [0.15, 0.2) is 0 Å². The molecular weight excluding hydrogens is 354 g/mol. The molecule has 2 rings (SSSR count). The molecule has 8 heteroatoms. The van der Waals surface area contributed by atoms with E-state index in [-0.39, 0.29) is 17.9 Å². The minimum atomic E-state index is -0.597. The van der Waals surface area contributed by atoms with Crippen molar-refractivity contribution in [3.8, 4) is 6.07 Å². The molecule has 0 fully saturated rings. The van der Waals surface area contributed by atoms with Crippen LogP contribution in [0.3, 0.4) is 0 Å². The molecule has 2 N–H and O–H groups in total. The van der Waals surface area contributed by atoms with Gasteiger partial charge >= 0.3 is 0 Å². The van der Waals surface area contributed by atoms with Crippen LogP contribution in [0, 0.1) is 21.4 Å². The molecule has 0 aliphatic carbocycles. The van der Waals surface area contributed by atoms with Crippen molar-refractivity contribution in [2.24, 2.45) is 0 Å². The summed E-state index contributed by atoms with van der Waals surface area (Å²) in [6, 6.07) is 14.9. The second-order valence-corrected chi connectivity index (χ2v) is 6.18. The number of nitro groups is 1. The molecule has 0 bridgehead atoms. The number of nitriles is 1. The largest absolute Gasteiger partial charge is 0.396 e. The Balaban J connectivity index is 2.27. The van der Waals surface area contributed by atoms with E-state index in [1.165, 1.54) is 18.2 Å². The van der Waals surface area contributed by atoms with Gasteiger partial charge < -0.3 is 10.4 Å². The lowest BCUT2D eigenvalue weighted by Crippen LogP contribution is -2.13. The van der Waals surface area contributed by atoms with Crippen molar-refractivity contribution < 1.29 is 14.8 Å². The number of rotatable bonds is 7. The zero-order chi connectivity index (χ0) is 18.9. The van der Waals surface area contributed by atoms with E-state index in [4.69, 9.17) is 5.11 Å². The predicted molar refractivity (Wildman–Crippen MR) is 99.6 cm³/mol. The van der Waals surface area contributed by atoms with Crippen molar-refractivity contribution in [1.82, 2.24) is 0 Å². The maximum Gasteiger partial charge on any atom is 0.283 e. The van der Waals surface area contributed by atoms with Crippen LogP contribution in [0.25, 0.3) is 6.08 Å². The molecule has 0 heterocycles. The maximum atomic E-state index is 12.2. The number of carbonyl (C=O) groups excluding carboxylic acids is 1. The zero-order valence-corrected chi connectivity index (χ0v) is 14.4. The number of benzene rings is 2. The van der Waals surface area contributed by atoms with E-state index in [1.807, 2.05) is 6.07 Å². The average Bonchev–Trinajstić information content (AvgIpc) is 2.65. The van der Waals surface area contributed by atoms with Crippen molar-refractivity contribution >= 4 is 35.1 Å². The number of thioether (sulfide) groups is 1. The van der Waals surface area contributed by atoms with Crippen LogP contribution in [0.4, 0.5) is 11.4 Å². The van der Waals surface area contributed by atoms with Gasteiger partial charge in [-0.3, -0.25) is 14.9 Å². The first kappa shape index (κ1) is 19.2. The topological polar surface area (TPSA) is 116 Å². The van der Waals surface area contributed by atoms with Gasteiger partial charge in [0.25, 0.3) is 11.6 Å². The van der Waals surface area contributed by atoms with Gasteiger partial charge in [-0.15, -0.1) is 11.8 Å². The summed E-state index contributed by atoms with van der Waals surface area (Å²) in [6.45, 7) is -0.0955. The van der Waals surface area contributed by atoms with Gasteiger partial charge in [0.1, 0.15) is 11.6 Å². The van der Waals surface area contributed by atoms with Crippen molar-refractivity contribution in [2.45, 2.75) is 4.90 Å². The fraction of sp³-hybridized carbons (Fsp3) is 0.111. The van der Waals surface area contributed by atoms with Crippen LogP contribution >= 0.6 is 11.8 Å². The van der Waals surface area contributed by atoms with Crippen LogP contribution in [0.5, 0.6) is 0 Å². The number of nitro benzene ring substituents is 1. The first-order valence-corrected chi connectivity index (χ1v) is 8.54. The molecule has 132 valence electrons. The summed E-state index contributed by atoms with van der Waals surface area (Å²) in [6.07, 6.45) is 1.30. The minimum Gasteiger partial charge on any atom is -0.396 e. The van der Waals surface area contributed by atoms with Crippen LogP contribution in [0.2, 0.25) is 0 Å². The molecule has 26 heavy (non-hydrogen) atoms. The van der Waals surface area contributed by atoms with Gasteiger partial charge in [0.05, 0.1) is 16.4 Å². The Morgan fingerprint density at radius 2 is 2.04 bits per heavy atom. The summed E-state index contributed by atoms with van der Waals surface area (Å²) in [5.41, 5.74) is 0.599. The third kappa shape index (κ3) is 5.17. The van der Waals surface area contributed by atoms with Gasteiger partial charge in [-0.05, 0) is 29.8 Å². The molecule has 0 saturated carbocycles. The van der Waals surface area contributed by atoms with Crippen LogP contribution in [0.1, 0.15) is 5.56 Å². The van der Waals surface area contributed by atoms with Crippen LogP contribution in [-0.2, 0) is 4.79 Å². The maximum absolute atomic E-state index is 12.2. The fourth-order valence-electron chi connectivity index (χ4n) is 2.08. The smallest absolute Gasteiger partial charge is 0.283 e. The third-order valence-electron chi connectivity index (χ3n) is 3.24. The first-order valence-electron chi connectivity index (χ1n) is 7.55. The number of carbonyl (C=O) groups is 1. The lowest BCUT2D eigenvalue weighted by Gasteiger charge is -2.05. The van der Waals surface area contributed by atoms with E-state index in [0.717, 1.165) is 11.8 Å². The van der Waals surface area contributed by atoms with E-state index in [2.05, 4.69) is 5.32 Å². The van der Waals surface area contributed by atoms with Crippen molar-refractivity contribution in [1.29, 1.82) is 5.26 Å². The number of anilines is 1. The van der Waals surface area contributed by atoms with Crippen LogP contribution in [0.15, 0.2) is 59.0 Å². The van der Waals surface area contributed by atoms with Crippen molar-refractivity contribution in [2.75, 3.05) is 17.7 Å². The number of nitrogens with one attached hydrogen (secondary N) is 1. The highest BCUT2D eigenvalue weighted by Crippen LogP contribution is 2.30. The zero-order valence-electron chi connectivity index (χ0n) is 13.6. The Hall–Kier alpha value is -3.15. The number of hydrogen-bond donors (Lipinski definition) is 2. The second kappa shape index (κ2) is 9.36. The molecule has 0 radical (unpaired) electrons. The third-order valence-corrected chi connectivity index (χ3v) is 4.28. The highest BCUT2D eigenvalue weighted by Gasteiger charge is 2.16. The summed E-state index contributed by atoms with van der Waals surface area (Å²) in [7, 11) is 0. The summed E-state index contributed by atoms with van der Waals surface area (Å²) >= 11 is 1.16. The molecule has 0 aliphatic rings. The quantitative estimate of drug-likeness (QED) is 0.254. The summed E-state index contributed by atoms with van der Waals surface area (Å²) in [4.78, 5) is 23.3.